The van der Waals surface area contributed by atoms with Gasteiger partial charge in [-0.25, -0.2) is 14.6 Å². The Morgan fingerprint density at radius 1 is 1.47 bits per heavy atom. The number of amides is 1. The molecular weight excluding hydrogens is 253 g/mol. The molecule has 0 fully saturated rings. The summed E-state index contributed by atoms with van der Waals surface area (Å²) in [6.07, 6.45) is -1.39. The lowest BCUT2D eigenvalue weighted by atomic mass is 10.2. The topological polar surface area (TPSA) is 104 Å². The third-order valence-electron chi connectivity index (χ3n) is 1.69. The molecular formula is C8H6FN3O4S. The molecule has 0 aliphatic rings. The molecule has 0 spiro atoms. The zero-order chi connectivity index (χ0) is 13.0. The molecule has 0 saturated heterocycles. The highest BCUT2D eigenvalue weighted by atomic mass is 32.1. The Balaban J connectivity index is 2.88. The molecule has 0 radical (unpaired) electrons. The molecule has 0 aliphatic carbocycles. The summed E-state index contributed by atoms with van der Waals surface area (Å²) in [7, 11) is 0. The van der Waals surface area contributed by atoms with E-state index in [0.717, 1.165) is 12.1 Å². The van der Waals surface area contributed by atoms with E-state index in [-0.39, 0.29) is 10.6 Å². The Morgan fingerprint density at radius 2 is 2.12 bits per heavy atom. The summed E-state index contributed by atoms with van der Waals surface area (Å²) >= 11 is 4.69. The van der Waals surface area contributed by atoms with E-state index >= 15 is 0 Å². The lowest BCUT2D eigenvalue weighted by molar-refractivity contribution is -0.385. The van der Waals surface area contributed by atoms with Crippen molar-refractivity contribution >= 4 is 29.0 Å². The molecule has 1 amide bonds. The molecule has 1 rings (SSSR count). The first-order chi connectivity index (χ1) is 7.91. The summed E-state index contributed by atoms with van der Waals surface area (Å²) < 4.78 is 13.4. The van der Waals surface area contributed by atoms with Crippen LogP contribution in [0.25, 0.3) is 0 Å². The maximum atomic E-state index is 13.4. The van der Waals surface area contributed by atoms with Crippen LogP contribution in [-0.2, 0) is 0 Å². The van der Waals surface area contributed by atoms with Gasteiger partial charge in [0.05, 0.1) is 11.0 Å². The quantitative estimate of drug-likeness (QED) is 0.418. The summed E-state index contributed by atoms with van der Waals surface area (Å²) in [6.45, 7) is 0. The summed E-state index contributed by atoms with van der Waals surface area (Å²) in [4.78, 5) is 19.5. The van der Waals surface area contributed by atoms with Gasteiger partial charge in [0.25, 0.3) is 5.69 Å². The van der Waals surface area contributed by atoms with Crippen LogP contribution >= 0.6 is 12.2 Å². The number of non-ortho nitro benzene ring substituents is 1. The number of halogens is 1. The number of nitro benzene ring substituents is 1. The van der Waals surface area contributed by atoms with Gasteiger partial charge in [-0.1, -0.05) is 12.2 Å². The highest BCUT2D eigenvalue weighted by molar-refractivity contribution is 7.80. The number of nitro groups is 1. The summed E-state index contributed by atoms with van der Waals surface area (Å²) in [5, 5.41) is 18.6. The maximum Gasteiger partial charge on any atom is 0.423 e. The Bertz CT molecular complexity index is 494. The van der Waals surface area contributed by atoms with Crippen molar-refractivity contribution < 1.29 is 19.2 Å². The number of hydrogen-bond donors (Lipinski definition) is 3. The van der Waals surface area contributed by atoms with E-state index in [4.69, 9.17) is 5.11 Å². The normalized spacial score (nSPS) is 9.47. The molecule has 90 valence electrons. The van der Waals surface area contributed by atoms with Crippen molar-refractivity contribution in [3.8, 4) is 0 Å². The Kier molecular flexibility index (Phi) is 3.88. The van der Waals surface area contributed by atoms with Crippen molar-refractivity contribution in [1.82, 2.24) is 10.9 Å². The summed E-state index contributed by atoms with van der Waals surface area (Å²) in [5.41, 5.74) is 3.24. The number of carbonyl (C=O) groups is 1. The highest BCUT2D eigenvalue weighted by Gasteiger charge is 2.13. The minimum Gasteiger partial charge on any atom is -0.464 e. The molecule has 0 atom stereocenters. The molecule has 7 nitrogen and oxygen atoms in total. The van der Waals surface area contributed by atoms with Gasteiger partial charge >= 0.3 is 6.09 Å². The number of carboxylic acid groups (broad SMARTS) is 1. The second-order valence-electron chi connectivity index (χ2n) is 2.81. The molecule has 0 aromatic heterocycles. The summed E-state index contributed by atoms with van der Waals surface area (Å²) in [6, 6.07) is 2.85. The standard InChI is InChI=1S/C8H6FN3O4S/c9-6-3-4(12(15)16)1-2-5(6)7(17)10-11-8(13)14/h1-3,11H,(H,10,17)(H,13,14). The SMILES string of the molecule is O=C(O)NNC(=S)c1ccc([N+](=O)[O-])cc1F. The largest absolute Gasteiger partial charge is 0.464 e. The van der Waals surface area contributed by atoms with Gasteiger partial charge in [-0.15, -0.1) is 0 Å². The first-order valence-corrected chi connectivity index (χ1v) is 4.56. The van der Waals surface area contributed by atoms with Gasteiger partial charge in [0.2, 0.25) is 0 Å². The number of nitrogens with one attached hydrogen (secondary N) is 2. The van der Waals surface area contributed by atoms with Crippen LogP contribution in [0, 0.1) is 15.9 Å². The van der Waals surface area contributed by atoms with Crippen molar-refractivity contribution in [2.45, 2.75) is 0 Å². The van der Waals surface area contributed by atoms with Gasteiger partial charge in [-0.2, -0.15) is 0 Å². The van der Waals surface area contributed by atoms with E-state index < -0.39 is 22.5 Å². The average Bonchev–Trinajstić information content (AvgIpc) is 2.25. The number of nitrogens with zero attached hydrogens (tertiary/aromatic N) is 1. The van der Waals surface area contributed by atoms with Gasteiger partial charge in [0.1, 0.15) is 10.8 Å². The molecule has 0 saturated carbocycles. The number of hydrazine groups is 1. The summed E-state index contributed by atoms with van der Waals surface area (Å²) in [5.74, 6) is -0.913. The van der Waals surface area contributed by atoms with Crippen LogP contribution < -0.4 is 10.9 Å². The number of benzene rings is 1. The van der Waals surface area contributed by atoms with E-state index in [9.17, 15) is 19.3 Å². The third kappa shape index (κ3) is 3.34. The van der Waals surface area contributed by atoms with Crippen LogP contribution in [0.4, 0.5) is 14.9 Å². The molecule has 17 heavy (non-hydrogen) atoms. The van der Waals surface area contributed by atoms with Crippen molar-refractivity contribution in [1.29, 1.82) is 0 Å². The monoisotopic (exact) mass is 259 g/mol. The molecule has 0 bridgehead atoms. The molecule has 3 N–H and O–H groups in total. The molecule has 0 unspecified atom stereocenters. The zero-order valence-electron chi connectivity index (χ0n) is 8.14. The number of thiocarbonyl (C=S) groups is 1. The van der Waals surface area contributed by atoms with Gasteiger partial charge in [-0.3, -0.25) is 15.5 Å². The lowest BCUT2D eigenvalue weighted by Crippen LogP contribution is -2.40. The van der Waals surface area contributed by atoms with Crippen LogP contribution in [0.15, 0.2) is 18.2 Å². The Hall–Kier alpha value is -2.29. The number of rotatable bonds is 2. The molecule has 0 aliphatic heterocycles. The fourth-order valence-electron chi connectivity index (χ4n) is 0.979. The number of hydrogen-bond acceptors (Lipinski definition) is 4. The van der Waals surface area contributed by atoms with Gasteiger partial charge in [0.15, 0.2) is 0 Å². The van der Waals surface area contributed by atoms with E-state index in [1.54, 1.807) is 5.43 Å². The second-order valence-corrected chi connectivity index (χ2v) is 3.21. The molecule has 1 aromatic carbocycles. The third-order valence-corrected chi connectivity index (χ3v) is 2.01. The molecule has 0 heterocycles. The van der Waals surface area contributed by atoms with Crippen molar-refractivity contribution in [2.75, 3.05) is 0 Å². The van der Waals surface area contributed by atoms with Crippen molar-refractivity contribution in [3.63, 3.8) is 0 Å². The highest BCUT2D eigenvalue weighted by Crippen LogP contribution is 2.16. The fourth-order valence-corrected chi connectivity index (χ4v) is 1.20. The van der Waals surface area contributed by atoms with Crippen LogP contribution in [-0.4, -0.2) is 21.1 Å². The van der Waals surface area contributed by atoms with Gasteiger partial charge in [0, 0.05) is 11.6 Å². The van der Waals surface area contributed by atoms with Crippen LogP contribution in [0.2, 0.25) is 0 Å². The van der Waals surface area contributed by atoms with Crippen LogP contribution in [0.1, 0.15) is 5.56 Å². The maximum absolute atomic E-state index is 13.4. The predicted molar refractivity (Wildman–Crippen MR) is 59.1 cm³/mol. The zero-order valence-corrected chi connectivity index (χ0v) is 8.95. The first-order valence-electron chi connectivity index (χ1n) is 4.15. The Labute approximate surface area is 99.4 Å². The van der Waals surface area contributed by atoms with Gasteiger partial charge < -0.3 is 5.11 Å². The Morgan fingerprint density at radius 3 is 2.59 bits per heavy atom. The van der Waals surface area contributed by atoms with E-state index in [2.05, 4.69) is 17.6 Å². The minimum atomic E-state index is -1.39. The van der Waals surface area contributed by atoms with Crippen LogP contribution in [0.3, 0.4) is 0 Å². The fraction of sp³-hybridized carbons (Fsp3) is 0. The first kappa shape index (κ1) is 12.8. The van der Waals surface area contributed by atoms with E-state index in [1.807, 2.05) is 0 Å². The minimum absolute atomic E-state index is 0.139. The average molecular weight is 259 g/mol. The van der Waals surface area contributed by atoms with E-state index in [0.29, 0.717) is 6.07 Å². The lowest BCUT2D eigenvalue weighted by Gasteiger charge is -2.07. The van der Waals surface area contributed by atoms with Gasteiger partial charge in [-0.05, 0) is 6.07 Å². The van der Waals surface area contributed by atoms with E-state index in [1.165, 1.54) is 0 Å². The molecule has 9 heteroatoms. The van der Waals surface area contributed by atoms with Crippen molar-refractivity contribution in [3.05, 3.63) is 39.7 Å². The molecule has 1 aromatic rings. The van der Waals surface area contributed by atoms with Crippen molar-refractivity contribution in [2.24, 2.45) is 0 Å². The smallest absolute Gasteiger partial charge is 0.423 e. The van der Waals surface area contributed by atoms with Crippen LogP contribution in [0.5, 0.6) is 0 Å². The predicted octanol–water partition coefficient (Wildman–Crippen LogP) is 1.18. The second kappa shape index (κ2) is 5.16.